The van der Waals surface area contributed by atoms with Crippen molar-refractivity contribution in [3.63, 3.8) is 0 Å². The summed E-state index contributed by atoms with van der Waals surface area (Å²) in [7, 11) is 0. The van der Waals surface area contributed by atoms with Gasteiger partial charge < -0.3 is 20.1 Å². The number of nitrogens with zero attached hydrogens (tertiary/aromatic N) is 3. The lowest BCUT2D eigenvalue weighted by molar-refractivity contribution is -0.133. The predicted octanol–water partition coefficient (Wildman–Crippen LogP) is -0.169. The number of carbonyl (C=O) groups excluding carboxylic acids is 2. The van der Waals surface area contributed by atoms with Crippen molar-refractivity contribution in [1.29, 1.82) is 0 Å². The number of ether oxygens (including phenoxy) is 1. The van der Waals surface area contributed by atoms with Crippen LogP contribution in [-0.2, 0) is 25.7 Å². The molecule has 3 heterocycles. The minimum atomic E-state index is -0.250. The normalized spacial score (nSPS) is 26.5. The molecule has 3 fully saturated rings. The van der Waals surface area contributed by atoms with E-state index in [-0.39, 0.29) is 30.7 Å². The van der Waals surface area contributed by atoms with Gasteiger partial charge in [-0.05, 0) is 36.7 Å². The maximum Gasteiger partial charge on any atom is 0.290 e. The van der Waals surface area contributed by atoms with Gasteiger partial charge in [-0.2, -0.15) is 5.10 Å². The van der Waals surface area contributed by atoms with Gasteiger partial charge in [0.2, 0.25) is 11.8 Å². The first-order valence-electron chi connectivity index (χ1n) is 9.32. The molecule has 1 aromatic rings. The van der Waals surface area contributed by atoms with Crippen molar-refractivity contribution in [3.8, 4) is 0 Å². The lowest BCUT2D eigenvalue weighted by Gasteiger charge is -2.23. The van der Waals surface area contributed by atoms with E-state index in [1.165, 1.54) is 0 Å². The van der Waals surface area contributed by atoms with Crippen molar-refractivity contribution in [2.75, 3.05) is 32.8 Å². The molecule has 2 atom stereocenters. The highest BCUT2D eigenvalue weighted by molar-refractivity contribution is 5.84. The lowest BCUT2D eigenvalue weighted by Crippen LogP contribution is -2.38. The number of likely N-dealkylation sites (tertiary alicyclic amines) is 1. The van der Waals surface area contributed by atoms with Gasteiger partial charge in [0.25, 0.3) is 6.47 Å². The zero-order chi connectivity index (χ0) is 19.2. The van der Waals surface area contributed by atoms with E-state index in [1.54, 1.807) is 17.1 Å². The minimum absolute atomic E-state index is 0.0901. The molecule has 2 amide bonds. The highest BCUT2D eigenvalue weighted by atomic mass is 16.5. The average molecular weight is 378 g/mol. The van der Waals surface area contributed by atoms with Gasteiger partial charge in [-0.3, -0.25) is 19.1 Å². The topological polar surface area (TPSA) is 114 Å². The molecule has 1 aliphatic carbocycles. The number of carboxylic acid groups (broad SMARTS) is 1. The van der Waals surface area contributed by atoms with E-state index < -0.39 is 0 Å². The van der Waals surface area contributed by atoms with Crippen molar-refractivity contribution in [3.05, 3.63) is 18.5 Å². The summed E-state index contributed by atoms with van der Waals surface area (Å²) in [4.78, 5) is 34.8. The summed E-state index contributed by atoms with van der Waals surface area (Å²) < 4.78 is 6.99. The number of fused-ring (bicyclic) bond motifs is 1. The SMILES string of the molecule is O=C(NCC1CCOCC1)C1[C@@H]2CN(C(=O)Cn3cccn3)C[C@@H]12.O=CO. The van der Waals surface area contributed by atoms with Crippen LogP contribution >= 0.6 is 0 Å². The molecule has 0 bridgehead atoms. The second-order valence-corrected chi connectivity index (χ2v) is 7.26. The molecule has 9 nitrogen and oxygen atoms in total. The summed E-state index contributed by atoms with van der Waals surface area (Å²) in [6, 6.07) is 1.81. The summed E-state index contributed by atoms with van der Waals surface area (Å²) in [5.74, 6) is 1.62. The van der Waals surface area contributed by atoms with Crippen LogP contribution in [-0.4, -0.2) is 70.9 Å². The molecule has 0 radical (unpaired) electrons. The van der Waals surface area contributed by atoms with E-state index in [2.05, 4.69) is 10.4 Å². The lowest BCUT2D eigenvalue weighted by atomic mass is 10.0. The van der Waals surface area contributed by atoms with Crippen molar-refractivity contribution in [2.45, 2.75) is 19.4 Å². The average Bonchev–Trinajstić information content (AvgIpc) is 3.05. The van der Waals surface area contributed by atoms with Crippen LogP contribution in [0.1, 0.15) is 12.8 Å². The van der Waals surface area contributed by atoms with Gasteiger partial charge in [0.1, 0.15) is 6.54 Å². The molecule has 148 valence electrons. The van der Waals surface area contributed by atoms with Crippen LogP contribution in [0.25, 0.3) is 0 Å². The van der Waals surface area contributed by atoms with E-state index in [9.17, 15) is 9.59 Å². The number of hydrogen-bond donors (Lipinski definition) is 2. The smallest absolute Gasteiger partial charge is 0.290 e. The monoisotopic (exact) mass is 378 g/mol. The zero-order valence-corrected chi connectivity index (χ0v) is 15.2. The first-order chi connectivity index (χ1) is 13.1. The molecule has 9 heteroatoms. The van der Waals surface area contributed by atoms with Crippen LogP contribution in [0.3, 0.4) is 0 Å². The van der Waals surface area contributed by atoms with Gasteiger partial charge in [-0.15, -0.1) is 0 Å². The van der Waals surface area contributed by atoms with Crippen LogP contribution in [0, 0.1) is 23.7 Å². The Balaban J connectivity index is 0.000000659. The Labute approximate surface area is 157 Å². The summed E-state index contributed by atoms with van der Waals surface area (Å²) in [6.07, 6.45) is 5.54. The summed E-state index contributed by atoms with van der Waals surface area (Å²) in [5, 5.41) is 14.1. The van der Waals surface area contributed by atoms with E-state index in [0.29, 0.717) is 30.8 Å². The first-order valence-corrected chi connectivity index (χ1v) is 9.32. The maximum atomic E-state index is 12.3. The fourth-order valence-corrected chi connectivity index (χ4v) is 4.06. The van der Waals surface area contributed by atoms with Crippen LogP contribution < -0.4 is 5.32 Å². The Morgan fingerprint density at radius 1 is 1.26 bits per heavy atom. The molecule has 0 aromatic carbocycles. The second-order valence-electron chi connectivity index (χ2n) is 7.26. The zero-order valence-electron chi connectivity index (χ0n) is 15.2. The molecule has 1 saturated carbocycles. The molecule has 1 aromatic heterocycles. The number of aromatic nitrogens is 2. The Morgan fingerprint density at radius 2 is 1.93 bits per heavy atom. The van der Waals surface area contributed by atoms with Crippen molar-refractivity contribution < 1.29 is 24.2 Å². The highest BCUT2D eigenvalue weighted by Gasteiger charge is 2.60. The van der Waals surface area contributed by atoms with E-state index in [0.717, 1.165) is 32.6 Å². The van der Waals surface area contributed by atoms with E-state index >= 15 is 0 Å². The standard InChI is InChI=1S/C17H24N4O3.CH2O2/c22-15(11-21-5-1-4-19-21)20-9-13-14(10-20)16(13)17(23)18-8-12-2-6-24-7-3-12;2-1-3/h1,4-5,12-14,16H,2-3,6-11H2,(H,18,23);1H,(H,2,3)/t13-,14-;/m1./s1. The highest BCUT2D eigenvalue weighted by Crippen LogP contribution is 2.51. The minimum Gasteiger partial charge on any atom is -0.483 e. The van der Waals surface area contributed by atoms with Crippen LogP contribution in [0.5, 0.6) is 0 Å². The number of rotatable bonds is 5. The van der Waals surface area contributed by atoms with E-state index in [4.69, 9.17) is 14.6 Å². The summed E-state index contributed by atoms with van der Waals surface area (Å²) >= 11 is 0. The number of carbonyl (C=O) groups is 3. The quantitative estimate of drug-likeness (QED) is 0.688. The Morgan fingerprint density at radius 3 is 2.52 bits per heavy atom. The van der Waals surface area contributed by atoms with Gasteiger partial charge >= 0.3 is 0 Å². The number of nitrogens with one attached hydrogen (secondary N) is 1. The third-order valence-electron chi connectivity index (χ3n) is 5.61. The molecule has 27 heavy (non-hydrogen) atoms. The number of hydrogen-bond acceptors (Lipinski definition) is 5. The number of piperidine rings is 1. The van der Waals surface area contributed by atoms with Crippen molar-refractivity contribution in [1.82, 2.24) is 20.0 Å². The van der Waals surface area contributed by atoms with Crippen LogP contribution in [0.4, 0.5) is 0 Å². The first kappa shape index (κ1) is 19.3. The molecule has 2 aliphatic heterocycles. The van der Waals surface area contributed by atoms with Gasteiger partial charge in [-0.1, -0.05) is 0 Å². The summed E-state index contributed by atoms with van der Waals surface area (Å²) in [6.45, 7) is 3.83. The largest absolute Gasteiger partial charge is 0.483 e. The van der Waals surface area contributed by atoms with Gasteiger partial charge in [0.15, 0.2) is 0 Å². The fraction of sp³-hybridized carbons (Fsp3) is 0.667. The predicted molar refractivity (Wildman–Crippen MR) is 94.5 cm³/mol. The molecular formula is C18H26N4O5. The van der Waals surface area contributed by atoms with Crippen LogP contribution in [0.15, 0.2) is 18.5 Å². The Hall–Kier alpha value is -2.42. The third kappa shape index (κ3) is 4.85. The molecule has 3 aliphatic rings. The molecule has 2 saturated heterocycles. The van der Waals surface area contributed by atoms with Gasteiger partial charge in [0.05, 0.1) is 0 Å². The third-order valence-corrected chi connectivity index (χ3v) is 5.61. The fourth-order valence-electron chi connectivity index (χ4n) is 4.06. The summed E-state index contributed by atoms with van der Waals surface area (Å²) in [5.41, 5.74) is 0. The molecule has 4 rings (SSSR count). The Kier molecular flexibility index (Phi) is 6.44. The van der Waals surface area contributed by atoms with Crippen molar-refractivity contribution >= 4 is 18.3 Å². The second kappa shape index (κ2) is 8.98. The molecular weight excluding hydrogens is 352 g/mol. The van der Waals surface area contributed by atoms with Gasteiger partial charge in [-0.25, -0.2) is 0 Å². The Bertz CT molecular complexity index is 632. The molecule has 0 spiro atoms. The van der Waals surface area contributed by atoms with Crippen LogP contribution in [0.2, 0.25) is 0 Å². The molecule has 2 N–H and O–H groups in total. The maximum absolute atomic E-state index is 12.3. The molecule has 0 unspecified atom stereocenters. The van der Waals surface area contributed by atoms with Gasteiger partial charge in [0, 0.05) is 51.2 Å². The number of amides is 2. The van der Waals surface area contributed by atoms with Crippen molar-refractivity contribution in [2.24, 2.45) is 23.7 Å². The van der Waals surface area contributed by atoms with E-state index in [1.807, 2.05) is 11.0 Å².